The Morgan fingerprint density at radius 1 is 1.56 bits per heavy atom. The molecule has 2 N–H and O–H groups in total. The quantitative estimate of drug-likeness (QED) is 0.807. The number of aromatic carboxylic acids is 1. The number of rotatable bonds is 2. The van der Waals surface area contributed by atoms with E-state index in [4.69, 9.17) is 5.11 Å². The van der Waals surface area contributed by atoms with E-state index >= 15 is 0 Å². The van der Waals surface area contributed by atoms with Crippen LogP contribution in [0.1, 0.15) is 35.7 Å². The average molecular weight is 223 g/mol. The fourth-order valence-corrected chi connectivity index (χ4v) is 2.30. The number of halogens is 1. The summed E-state index contributed by atoms with van der Waals surface area (Å²) in [5, 5.41) is 12.3. The third kappa shape index (κ3) is 1.80. The number of nitrogens with one attached hydrogen (secondary N) is 1. The zero-order valence-electron chi connectivity index (χ0n) is 9.09. The number of carboxylic acids is 1. The van der Waals surface area contributed by atoms with E-state index in [-0.39, 0.29) is 11.1 Å². The van der Waals surface area contributed by atoms with Gasteiger partial charge in [-0.05, 0) is 44.0 Å². The van der Waals surface area contributed by atoms with E-state index in [0.717, 1.165) is 25.5 Å². The van der Waals surface area contributed by atoms with Crippen LogP contribution in [0.25, 0.3) is 0 Å². The molecule has 0 amide bonds. The molecule has 1 aliphatic heterocycles. The lowest BCUT2D eigenvalue weighted by molar-refractivity contribution is 0.0693. The second kappa shape index (κ2) is 3.87. The van der Waals surface area contributed by atoms with E-state index in [0.29, 0.717) is 5.56 Å². The van der Waals surface area contributed by atoms with Crippen LogP contribution in [0, 0.1) is 5.82 Å². The van der Waals surface area contributed by atoms with Crippen LogP contribution in [0.5, 0.6) is 0 Å². The molecule has 1 aliphatic rings. The molecule has 0 aliphatic carbocycles. The van der Waals surface area contributed by atoms with E-state index in [1.54, 1.807) is 6.07 Å². The standard InChI is InChI=1S/C12H14FNO2/c1-12(5-2-6-14-12)10-4-3-8(13)7-9(10)11(15)16/h3-4,7,14H,2,5-6H2,1H3,(H,15,16). The molecule has 0 radical (unpaired) electrons. The molecule has 1 aromatic rings. The second-order valence-corrected chi connectivity index (χ2v) is 4.36. The summed E-state index contributed by atoms with van der Waals surface area (Å²) in [5.74, 6) is -1.59. The third-order valence-corrected chi connectivity index (χ3v) is 3.18. The molecule has 0 aromatic heterocycles. The van der Waals surface area contributed by atoms with Gasteiger partial charge in [-0.1, -0.05) is 6.07 Å². The predicted molar refractivity (Wildman–Crippen MR) is 57.9 cm³/mol. The maximum atomic E-state index is 13.0. The van der Waals surface area contributed by atoms with Crippen molar-refractivity contribution in [2.24, 2.45) is 0 Å². The molecule has 0 saturated carbocycles. The lowest BCUT2D eigenvalue weighted by atomic mass is 9.87. The van der Waals surface area contributed by atoms with Crippen LogP contribution in [0.3, 0.4) is 0 Å². The van der Waals surface area contributed by atoms with Gasteiger partial charge < -0.3 is 10.4 Å². The van der Waals surface area contributed by atoms with Crippen LogP contribution in [0.2, 0.25) is 0 Å². The van der Waals surface area contributed by atoms with Gasteiger partial charge in [0.25, 0.3) is 0 Å². The van der Waals surface area contributed by atoms with Crippen molar-refractivity contribution in [1.82, 2.24) is 5.32 Å². The molecule has 1 fully saturated rings. The number of hydrogen-bond donors (Lipinski definition) is 2. The first-order chi connectivity index (χ1) is 7.53. The zero-order valence-corrected chi connectivity index (χ0v) is 9.09. The molecule has 2 rings (SSSR count). The van der Waals surface area contributed by atoms with Crippen molar-refractivity contribution < 1.29 is 14.3 Å². The van der Waals surface area contributed by atoms with Crippen molar-refractivity contribution in [2.75, 3.05) is 6.54 Å². The Kier molecular flexibility index (Phi) is 2.68. The molecule has 1 aromatic carbocycles. The molecule has 3 nitrogen and oxygen atoms in total. The Balaban J connectivity index is 2.51. The van der Waals surface area contributed by atoms with Gasteiger partial charge in [-0.3, -0.25) is 0 Å². The highest BCUT2D eigenvalue weighted by atomic mass is 19.1. The highest BCUT2D eigenvalue weighted by Gasteiger charge is 2.33. The molecular formula is C12H14FNO2. The molecular weight excluding hydrogens is 209 g/mol. The Morgan fingerprint density at radius 2 is 2.31 bits per heavy atom. The SMILES string of the molecule is CC1(c2ccc(F)cc2C(=O)O)CCCN1. The van der Waals surface area contributed by atoms with Crippen molar-refractivity contribution in [2.45, 2.75) is 25.3 Å². The highest BCUT2D eigenvalue weighted by molar-refractivity contribution is 5.89. The minimum Gasteiger partial charge on any atom is -0.478 e. The molecule has 1 heterocycles. The summed E-state index contributed by atoms with van der Waals surface area (Å²) in [4.78, 5) is 11.1. The van der Waals surface area contributed by atoms with E-state index in [1.807, 2.05) is 6.92 Å². The first-order valence-electron chi connectivity index (χ1n) is 5.31. The second-order valence-electron chi connectivity index (χ2n) is 4.36. The van der Waals surface area contributed by atoms with Crippen molar-refractivity contribution >= 4 is 5.97 Å². The lowest BCUT2D eigenvalue weighted by Crippen LogP contribution is -2.34. The molecule has 0 spiro atoms. The van der Waals surface area contributed by atoms with E-state index in [9.17, 15) is 9.18 Å². The third-order valence-electron chi connectivity index (χ3n) is 3.18. The van der Waals surface area contributed by atoms with Crippen molar-refractivity contribution in [3.63, 3.8) is 0 Å². The number of carbonyl (C=O) groups is 1. The summed E-state index contributed by atoms with van der Waals surface area (Å²) in [6, 6.07) is 3.97. The van der Waals surface area contributed by atoms with Crippen LogP contribution in [0.4, 0.5) is 4.39 Å². The first-order valence-corrected chi connectivity index (χ1v) is 5.31. The summed E-state index contributed by atoms with van der Waals surface area (Å²) in [7, 11) is 0. The molecule has 4 heteroatoms. The van der Waals surface area contributed by atoms with Gasteiger partial charge in [0.2, 0.25) is 0 Å². The van der Waals surface area contributed by atoms with Crippen molar-refractivity contribution in [3.05, 3.63) is 35.1 Å². The molecule has 16 heavy (non-hydrogen) atoms. The summed E-state index contributed by atoms with van der Waals surface area (Å²) in [6.07, 6.45) is 1.88. The number of hydrogen-bond acceptors (Lipinski definition) is 2. The van der Waals surface area contributed by atoms with Gasteiger partial charge in [-0.15, -0.1) is 0 Å². The largest absolute Gasteiger partial charge is 0.478 e. The van der Waals surface area contributed by atoms with Gasteiger partial charge in [-0.2, -0.15) is 0 Å². The Morgan fingerprint density at radius 3 is 2.88 bits per heavy atom. The highest BCUT2D eigenvalue weighted by Crippen LogP contribution is 2.32. The number of carboxylic acid groups (broad SMARTS) is 1. The lowest BCUT2D eigenvalue weighted by Gasteiger charge is -2.26. The Bertz CT molecular complexity index is 425. The van der Waals surface area contributed by atoms with Gasteiger partial charge in [0, 0.05) is 5.54 Å². The van der Waals surface area contributed by atoms with Crippen LogP contribution in [-0.2, 0) is 5.54 Å². The zero-order chi connectivity index (χ0) is 11.8. The fourth-order valence-electron chi connectivity index (χ4n) is 2.30. The Labute approximate surface area is 93.3 Å². The maximum Gasteiger partial charge on any atom is 0.336 e. The molecule has 86 valence electrons. The summed E-state index contributed by atoms with van der Waals surface area (Å²) in [5.41, 5.74) is 0.373. The fraction of sp³-hybridized carbons (Fsp3) is 0.417. The van der Waals surface area contributed by atoms with E-state index < -0.39 is 11.8 Å². The smallest absolute Gasteiger partial charge is 0.336 e. The average Bonchev–Trinajstić information content (AvgIpc) is 2.66. The van der Waals surface area contributed by atoms with Crippen LogP contribution in [0.15, 0.2) is 18.2 Å². The van der Waals surface area contributed by atoms with E-state index in [2.05, 4.69) is 5.32 Å². The van der Waals surface area contributed by atoms with Crippen LogP contribution < -0.4 is 5.32 Å². The summed E-state index contributed by atoms with van der Waals surface area (Å²) >= 11 is 0. The van der Waals surface area contributed by atoms with Gasteiger partial charge in [0.1, 0.15) is 5.82 Å². The van der Waals surface area contributed by atoms with Gasteiger partial charge in [-0.25, -0.2) is 9.18 Å². The predicted octanol–water partition coefficient (Wildman–Crippen LogP) is 2.12. The topological polar surface area (TPSA) is 49.3 Å². The van der Waals surface area contributed by atoms with Crippen molar-refractivity contribution in [1.29, 1.82) is 0 Å². The molecule has 1 unspecified atom stereocenters. The monoisotopic (exact) mass is 223 g/mol. The first kappa shape index (κ1) is 11.1. The molecule has 1 atom stereocenters. The Hall–Kier alpha value is -1.42. The van der Waals surface area contributed by atoms with Gasteiger partial charge in [0.05, 0.1) is 5.56 Å². The minimum absolute atomic E-state index is 0.0527. The van der Waals surface area contributed by atoms with Crippen LogP contribution >= 0.6 is 0 Å². The van der Waals surface area contributed by atoms with Gasteiger partial charge in [0.15, 0.2) is 0 Å². The number of benzene rings is 1. The maximum absolute atomic E-state index is 13.0. The van der Waals surface area contributed by atoms with E-state index in [1.165, 1.54) is 6.07 Å². The van der Waals surface area contributed by atoms with Crippen LogP contribution in [-0.4, -0.2) is 17.6 Å². The molecule has 1 saturated heterocycles. The summed E-state index contributed by atoms with van der Waals surface area (Å²) in [6.45, 7) is 2.83. The summed E-state index contributed by atoms with van der Waals surface area (Å²) < 4.78 is 13.0. The normalized spacial score (nSPS) is 24.6. The minimum atomic E-state index is -1.08. The van der Waals surface area contributed by atoms with Gasteiger partial charge >= 0.3 is 5.97 Å². The van der Waals surface area contributed by atoms with Crippen molar-refractivity contribution in [3.8, 4) is 0 Å². The molecule has 0 bridgehead atoms.